The fourth-order valence-corrected chi connectivity index (χ4v) is 3.32. The summed E-state index contributed by atoms with van der Waals surface area (Å²) in [6.07, 6.45) is 6.99. The van der Waals surface area contributed by atoms with E-state index in [4.69, 9.17) is 10.5 Å². The zero-order valence-electron chi connectivity index (χ0n) is 12.3. The maximum absolute atomic E-state index is 6.55. The summed E-state index contributed by atoms with van der Waals surface area (Å²) >= 11 is 0. The van der Waals surface area contributed by atoms with Gasteiger partial charge in [0.1, 0.15) is 0 Å². The van der Waals surface area contributed by atoms with Crippen LogP contribution in [0.4, 0.5) is 0 Å². The van der Waals surface area contributed by atoms with Crippen LogP contribution in [-0.2, 0) is 11.2 Å². The van der Waals surface area contributed by atoms with Crippen molar-refractivity contribution in [3.63, 3.8) is 0 Å². The normalized spacial score (nSPS) is 20.2. The molecule has 19 heavy (non-hydrogen) atoms. The van der Waals surface area contributed by atoms with Gasteiger partial charge in [-0.25, -0.2) is 0 Å². The van der Waals surface area contributed by atoms with Crippen LogP contribution in [0, 0.1) is 6.92 Å². The van der Waals surface area contributed by atoms with Gasteiger partial charge in [-0.1, -0.05) is 43.5 Å². The molecule has 0 bridgehead atoms. The Balaban J connectivity index is 2.11. The average molecular weight is 261 g/mol. The highest BCUT2D eigenvalue weighted by Crippen LogP contribution is 2.35. The molecule has 1 aliphatic rings. The van der Waals surface area contributed by atoms with E-state index in [1.165, 1.54) is 30.4 Å². The van der Waals surface area contributed by atoms with Crippen molar-refractivity contribution in [2.75, 3.05) is 6.61 Å². The van der Waals surface area contributed by atoms with Crippen molar-refractivity contribution in [3.05, 3.63) is 35.4 Å². The predicted molar refractivity (Wildman–Crippen MR) is 80.3 cm³/mol. The maximum Gasteiger partial charge on any atom is 0.0835 e. The van der Waals surface area contributed by atoms with E-state index < -0.39 is 0 Å². The predicted octanol–water partition coefficient (Wildman–Crippen LogP) is 3.60. The van der Waals surface area contributed by atoms with Gasteiger partial charge >= 0.3 is 0 Å². The molecule has 0 radical (unpaired) electrons. The van der Waals surface area contributed by atoms with Gasteiger partial charge in [0.25, 0.3) is 0 Å². The molecule has 0 saturated heterocycles. The third kappa shape index (κ3) is 3.37. The van der Waals surface area contributed by atoms with Crippen LogP contribution in [0.5, 0.6) is 0 Å². The van der Waals surface area contributed by atoms with Gasteiger partial charge in [-0.15, -0.1) is 0 Å². The van der Waals surface area contributed by atoms with Crippen LogP contribution in [-0.4, -0.2) is 18.2 Å². The molecule has 0 spiro atoms. The molecule has 0 aromatic heterocycles. The number of rotatable bonds is 5. The van der Waals surface area contributed by atoms with E-state index in [0.29, 0.717) is 0 Å². The van der Waals surface area contributed by atoms with E-state index in [1.54, 1.807) is 0 Å². The Bertz CT molecular complexity index is 390. The summed E-state index contributed by atoms with van der Waals surface area (Å²) in [7, 11) is 0. The van der Waals surface area contributed by atoms with Crippen molar-refractivity contribution in [2.45, 2.75) is 64.0 Å². The van der Waals surface area contributed by atoms with Crippen LogP contribution in [0.1, 0.15) is 50.2 Å². The van der Waals surface area contributed by atoms with E-state index in [2.05, 4.69) is 38.1 Å². The first-order valence-corrected chi connectivity index (χ1v) is 7.62. The van der Waals surface area contributed by atoms with Crippen LogP contribution >= 0.6 is 0 Å². The Morgan fingerprint density at radius 2 is 1.89 bits per heavy atom. The van der Waals surface area contributed by atoms with Gasteiger partial charge in [0.05, 0.1) is 5.60 Å². The van der Waals surface area contributed by atoms with E-state index in [0.717, 1.165) is 25.9 Å². The number of benzene rings is 1. The van der Waals surface area contributed by atoms with E-state index >= 15 is 0 Å². The number of aryl methyl sites for hydroxylation is 1. The molecule has 0 amide bonds. The lowest BCUT2D eigenvalue weighted by Gasteiger charge is -2.42. The van der Waals surface area contributed by atoms with Gasteiger partial charge in [-0.2, -0.15) is 0 Å². The Labute approximate surface area is 117 Å². The first-order chi connectivity index (χ1) is 9.18. The van der Waals surface area contributed by atoms with Crippen LogP contribution in [0.3, 0.4) is 0 Å². The van der Waals surface area contributed by atoms with Gasteiger partial charge in [0.2, 0.25) is 0 Å². The smallest absolute Gasteiger partial charge is 0.0835 e. The highest BCUT2D eigenvalue weighted by molar-refractivity contribution is 5.27. The third-order valence-corrected chi connectivity index (χ3v) is 4.51. The molecule has 1 fully saturated rings. The monoisotopic (exact) mass is 261 g/mol. The lowest BCUT2D eigenvalue weighted by atomic mass is 9.77. The summed E-state index contributed by atoms with van der Waals surface area (Å²) < 4.78 is 6.12. The zero-order valence-corrected chi connectivity index (χ0v) is 12.3. The topological polar surface area (TPSA) is 35.2 Å². The minimum atomic E-state index is -0.0880. The molecule has 1 aromatic carbocycles. The number of hydrogen-bond donors (Lipinski definition) is 1. The largest absolute Gasteiger partial charge is 0.374 e. The standard InChI is InChI=1S/C17H27NO/c1-3-19-17(11-7-4-8-12-17)16(18)13-15-10-6-5-9-14(15)2/h5-6,9-10,16H,3-4,7-8,11-13,18H2,1-2H3. The highest BCUT2D eigenvalue weighted by Gasteiger charge is 2.38. The molecule has 1 unspecified atom stereocenters. The van der Waals surface area contributed by atoms with Gasteiger partial charge in [-0.05, 0) is 44.2 Å². The Hall–Kier alpha value is -0.860. The van der Waals surface area contributed by atoms with Crippen molar-refractivity contribution >= 4 is 0 Å². The second-order valence-corrected chi connectivity index (χ2v) is 5.80. The fraction of sp³-hybridized carbons (Fsp3) is 0.647. The molecule has 0 heterocycles. The summed E-state index contributed by atoms with van der Waals surface area (Å²) in [6.45, 7) is 5.01. The molecule has 2 nitrogen and oxygen atoms in total. The third-order valence-electron chi connectivity index (χ3n) is 4.51. The SMILES string of the molecule is CCOC1(C(N)Cc2ccccc2C)CCCCC1. The number of hydrogen-bond acceptors (Lipinski definition) is 2. The summed E-state index contributed by atoms with van der Waals surface area (Å²) in [5.41, 5.74) is 9.15. The van der Waals surface area contributed by atoms with Gasteiger partial charge in [0, 0.05) is 12.6 Å². The molecule has 0 aliphatic heterocycles. The summed E-state index contributed by atoms with van der Waals surface area (Å²) in [6, 6.07) is 8.65. The van der Waals surface area contributed by atoms with Crippen molar-refractivity contribution in [1.82, 2.24) is 0 Å². The second-order valence-electron chi connectivity index (χ2n) is 5.80. The van der Waals surface area contributed by atoms with Gasteiger partial charge in [-0.3, -0.25) is 0 Å². The fourth-order valence-electron chi connectivity index (χ4n) is 3.32. The summed E-state index contributed by atoms with van der Waals surface area (Å²) in [5.74, 6) is 0. The van der Waals surface area contributed by atoms with Crippen LogP contribution in [0.25, 0.3) is 0 Å². The minimum absolute atomic E-state index is 0.0880. The molecular weight excluding hydrogens is 234 g/mol. The lowest BCUT2D eigenvalue weighted by molar-refractivity contribution is -0.0817. The first kappa shape index (κ1) is 14.5. The average Bonchev–Trinajstić information content (AvgIpc) is 2.42. The van der Waals surface area contributed by atoms with Crippen LogP contribution in [0.15, 0.2) is 24.3 Å². The molecular formula is C17H27NO. The lowest BCUT2D eigenvalue weighted by Crippen LogP contribution is -2.52. The molecule has 2 rings (SSSR count). The van der Waals surface area contributed by atoms with Gasteiger partial charge in [0.15, 0.2) is 0 Å². The van der Waals surface area contributed by atoms with Crippen molar-refractivity contribution in [3.8, 4) is 0 Å². The molecule has 1 saturated carbocycles. The second kappa shape index (κ2) is 6.53. The van der Waals surface area contributed by atoms with Crippen LogP contribution < -0.4 is 5.73 Å². The summed E-state index contributed by atoms with van der Waals surface area (Å²) in [5, 5.41) is 0. The van der Waals surface area contributed by atoms with Crippen molar-refractivity contribution < 1.29 is 4.74 Å². The van der Waals surface area contributed by atoms with E-state index in [-0.39, 0.29) is 11.6 Å². The Kier molecular flexibility index (Phi) is 5.00. The molecule has 1 atom stereocenters. The van der Waals surface area contributed by atoms with E-state index in [1.807, 2.05) is 0 Å². The van der Waals surface area contributed by atoms with Crippen LogP contribution in [0.2, 0.25) is 0 Å². The molecule has 2 heteroatoms. The maximum atomic E-state index is 6.55. The molecule has 2 N–H and O–H groups in total. The van der Waals surface area contributed by atoms with Crippen molar-refractivity contribution in [2.24, 2.45) is 5.73 Å². The highest BCUT2D eigenvalue weighted by atomic mass is 16.5. The van der Waals surface area contributed by atoms with Crippen molar-refractivity contribution in [1.29, 1.82) is 0 Å². The minimum Gasteiger partial charge on any atom is -0.374 e. The molecule has 106 valence electrons. The quantitative estimate of drug-likeness (QED) is 0.879. The molecule has 1 aromatic rings. The number of ether oxygens (including phenoxy) is 1. The Morgan fingerprint density at radius 3 is 2.53 bits per heavy atom. The zero-order chi connectivity index (χ0) is 13.7. The summed E-state index contributed by atoms with van der Waals surface area (Å²) in [4.78, 5) is 0. The first-order valence-electron chi connectivity index (χ1n) is 7.62. The molecule has 1 aliphatic carbocycles. The Morgan fingerprint density at radius 1 is 1.21 bits per heavy atom. The number of nitrogens with two attached hydrogens (primary N) is 1. The van der Waals surface area contributed by atoms with Gasteiger partial charge < -0.3 is 10.5 Å². The van der Waals surface area contributed by atoms with E-state index in [9.17, 15) is 0 Å².